The molecule has 1 aliphatic rings. The number of aliphatic hydroxyl groups excluding tert-OH is 1. The lowest BCUT2D eigenvalue weighted by molar-refractivity contribution is -0.125. The number of hydrogen-bond donors (Lipinski definition) is 1. The third-order valence-electron chi connectivity index (χ3n) is 3.22. The maximum Gasteiger partial charge on any atom is 0.255 e. The van der Waals surface area contributed by atoms with Crippen LogP contribution in [0.4, 0.5) is 8.78 Å². The van der Waals surface area contributed by atoms with Crippen LogP contribution in [0.3, 0.4) is 0 Å². The van der Waals surface area contributed by atoms with E-state index in [1.54, 1.807) is 0 Å². The molecule has 2 nitrogen and oxygen atoms in total. The van der Waals surface area contributed by atoms with E-state index in [-0.39, 0.29) is 6.42 Å². The van der Waals surface area contributed by atoms with E-state index in [1.807, 2.05) is 18.7 Å². The Balaban J connectivity index is 2.57. The second kappa shape index (κ2) is 4.53. The van der Waals surface area contributed by atoms with Gasteiger partial charge in [0.2, 0.25) is 0 Å². The highest BCUT2D eigenvalue weighted by Gasteiger charge is 2.44. The molecule has 1 heterocycles. The Labute approximate surface area is 83.9 Å². The minimum absolute atomic E-state index is 0.122. The summed E-state index contributed by atoms with van der Waals surface area (Å²) < 4.78 is 26.4. The molecule has 0 aromatic heterocycles. The topological polar surface area (TPSA) is 23.5 Å². The zero-order valence-electron chi connectivity index (χ0n) is 8.84. The molecule has 1 saturated heterocycles. The molecule has 0 spiro atoms. The van der Waals surface area contributed by atoms with E-state index in [1.165, 1.54) is 0 Å². The Kier molecular flexibility index (Phi) is 3.84. The first-order valence-corrected chi connectivity index (χ1v) is 5.24. The Morgan fingerprint density at radius 2 is 2.21 bits per heavy atom. The zero-order chi connectivity index (χ0) is 10.8. The van der Waals surface area contributed by atoms with Crippen molar-refractivity contribution in [1.29, 1.82) is 0 Å². The molecule has 0 saturated carbocycles. The molecule has 0 radical (unpaired) electrons. The second-order valence-electron chi connectivity index (χ2n) is 4.14. The fourth-order valence-corrected chi connectivity index (χ4v) is 1.85. The van der Waals surface area contributed by atoms with Crippen LogP contribution < -0.4 is 0 Å². The molecule has 0 bridgehead atoms. The highest BCUT2D eigenvalue weighted by Crippen LogP contribution is 2.33. The van der Waals surface area contributed by atoms with E-state index >= 15 is 0 Å². The van der Waals surface area contributed by atoms with Crippen molar-refractivity contribution in [1.82, 2.24) is 4.90 Å². The normalized spacial score (nSPS) is 30.2. The summed E-state index contributed by atoms with van der Waals surface area (Å²) in [6.07, 6.45) is 0.840. The summed E-state index contributed by atoms with van der Waals surface area (Å²) in [4.78, 5) is 2.04. The molecular weight excluding hydrogens is 188 g/mol. The Morgan fingerprint density at radius 1 is 1.57 bits per heavy atom. The molecule has 0 aliphatic carbocycles. The molecule has 1 aliphatic heterocycles. The van der Waals surface area contributed by atoms with Crippen molar-refractivity contribution in [2.45, 2.75) is 38.7 Å². The van der Waals surface area contributed by atoms with Gasteiger partial charge in [-0.05, 0) is 13.3 Å². The summed E-state index contributed by atoms with van der Waals surface area (Å²) in [5.74, 6) is -3.57. The van der Waals surface area contributed by atoms with E-state index in [0.29, 0.717) is 19.1 Å². The Hall–Kier alpha value is -0.220. The second-order valence-corrected chi connectivity index (χ2v) is 4.14. The first-order valence-electron chi connectivity index (χ1n) is 5.24. The number of hydrogen-bond acceptors (Lipinski definition) is 2. The van der Waals surface area contributed by atoms with Crippen LogP contribution in [0.15, 0.2) is 0 Å². The van der Waals surface area contributed by atoms with Crippen molar-refractivity contribution in [3.8, 4) is 0 Å². The van der Waals surface area contributed by atoms with Crippen molar-refractivity contribution in [2.75, 3.05) is 19.7 Å². The van der Waals surface area contributed by atoms with Gasteiger partial charge in [-0.3, -0.25) is 4.90 Å². The Morgan fingerprint density at radius 3 is 2.71 bits per heavy atom. The van der Waals surface area contributed by atoms with Crippen LogP contribution in [0.1, 0.15) is 26.7 Å². The van der Waals surface area contributed by atoms with Gasteiger partial charge in [-0.15, -0.1) is 0 Å². The molecule has 1 rings (SSSR count). The fourth-order valence-electron chi connectivity index (χ4n) is 1.85. The van der Waals surface area contributed by atoms with Crippen LogP contribution in [0, 0.1) is 5.92 Å². The van der Waals surface area contributed by atoms with Gasteiger partial charge >= 0.3 is 0 Å². The largest absolute Gasteiger partial charge is 0.396 e. The van der Waals surface area contributed by atoms with Crippen LogP contribution in [0.2, 0.25) is 0 Å². The first kappa shape index (κ1) is 11.9. The van der Waals surface area contributed by atoms with Gasteiger partial charge < -0.3 is 5.11 Å². The molecule has 1 fully saturated rings. The summed E-state index contributed by atoms with van der Waals surface area (Å²) in [7, 11) is 0. The van der Waals surface area contributed by atoms with Crippen LogP contribution in [0.5, 0.6) is 0 Å². The predicted molar refractivity (Wildman–Crippen MR) is 51.5 cm³/mol. The van der Waals surface area contributed by atoms with E-state index in [9.17, 15) is 8.78 Å². The van der Waals surface area contributed by atoms with Gasteiger partial charge in [0, 0.05) is 25.6 Å². The lowest BCUT2D eigenvalue weighted by Gasteiger charge is -2.40. The summed E-state index contributed by atoms with van der Waals surface area (Å²) in [5, 5.41) is 8.89. The molecule has 2 unspecified atom stereocenters. The van der Waals surface area contributed by atoms with Gasteiger partial charge in [-0.2, -0.15) is 0 Å². The molecule has 4 heteroatoms. The van der Waals surface area contributed by atoms with Crippen molar-refractivity contribution in [2.24, 2.45) is 5.92 Å². The summed E-state index contributed by atoms with van der Waals surface area (Å²) in [6, 6.07) is 0.333. The van der Waals surface area contributed by atoms with E-state index < -0.39 is 18.4 Å². The molecule has 14 heavy (non-hydrogen) atoms. The average molecular weight is 207 g/mol. The number of halogens is 2. The van der Waals surface area contributed by atoms with Crippen LogP contribution in [0.25, 0.3) is 0 Å². The molecular formula is C10H19F2NO. The van der Waals surface area contributed by atoms with Crippen molar-refractivity contribution in [3.05, 3.63) is 0 Å². The van der Waals surface area contributed by atoms with Gasteiger partial charge in [-0.25, -0.2) is 8.78 Å². The number of likely N-dealkylation sites (tertiary alicyclic amines) is 1. The number of aliphatic hydroxyl groups is 1. The SMILES string of the molecule is CCC(C)N1CCC(F)(F)C(CO)C1. The van der Waals surface area contributed by atoms with Gasteiger partial charge in [0.25, 0.3) is 5.92 Å². The third-order valence-corrected chi connectivity index (χ3v) is 3.22. The van der Waals surface area contributed by atoms with E-state index in [0.717, 1.165) is 6.42 Å². The summed E-state index contributed by atoms with van der Waals surface area (Å²) in [6.45, 7) is 4.43. The predicted octanol–water partition coefficient (Wildman–Crippen LogP) is 1.73. The molecule has 2 atom stereocenters. The minimum atomic E-state index is -2.68. The molecule has 0 amide bonds. The van der Waals surface area contributed by atoms with Crippen molar-refractivity contribution in [3.63, 3.8) is 0 Å². The summed E-state index contributed by atoms with van der Waals surface area (Å²) >= 11 is 0. The van der Waals surface area contributed by atoms with Crippen LogP contribution >= 0.6 is 0 Å². The van der Waals surface area contributed by atoms with Gasteiger partial charge in [0.1, 0.15) is 0 Å². The highest BCUT2D eigenvalue weighted by molar-refractivity contribution is 4.87. The van der Waals surface area contributed by atoms with Gasteiger partial charge in [0.05, 0.1) is 12.5 Å². The van der Waals surface area contributed by atoms with Crippen molar-refractivity contribution >= 4 is 0 Å². The fraction of sp³-hybridized carbons (Fsp3) is 1.00. The Bertz CT molecular complexity index is 187. The highest BCUT2D eigenvalue weighted by atomic mass is 19.3. The van der Waals surface area contributed by atoms with E-state index in [4.69, 9.17) is 5.11 Å². The molecule has 0 aromatic carbocycles. The smallest absolute Gasteiger partial charge is 0.255 e. The lowest BCUT2D eigenvalue weighted by Crippen LogP contribution is -2.51. The summed E-state index contributed by atoms with van der Waals surface area (Å²) in [5.41, 5.74) is 0. The number of rotatable bonds is 3. The quantitative estimate of drug-likeness (QED) is 0.762. The lowest BCUT2D eigenvalue weighted by atomic mass is 9.93. The third kappa shape index (κ3) is 2.42. The van der Waals surface area contributed by atoms with Gasteiger partial charge in [-0.1, -0.05) is 6.92 Å². The number of nitrogens with zero attached hydrogens (tertiary/aromatic N) is 1. The zero-order valence-corrected chi connectivity index (χ0v) is 8.84. The van der Waals surface area contributed by atoms with E-state index in [2.05, 4.69) is 0 Å². The maximum absolute atomic E-state index is 13.2. The average Bonchev–Trinajstić information content (AvgIpc) is 2.16. The molecule has 1 N–H and O–H groups in total. The standard InChI is InChI=1S/C10H19F2NO/c1-3-8(2)13-5-4-10(11,12)9(6-13)7-14/h8-9,14H,3-7H2,1-2H3. The van der Waals surface area contributed by atoms with Crippen LogP contribution in [-0.2, 0) is 0 Å². The van der Waals surface area contributed by atoms with Gasteiger partial charge in [0.15, 0.2) is 0 Å². The number of piperidine rings is 1. The van der Waals surface area contributed by atoms with Crippen molar-refractivity contribution < 1.29 is 13.9 Å². The minimum Gasteiger partial charge on any atom is -0.396 e. The maximum atomic E-state index is 13.2. The molecule has 0 aromatic rings. The van der Waals surface area contributed by atoms with Crippen LogP contribution in [-0.4, -0.2) is 41.7 Å². The molecule has 84 valence electrons. The monoisotopic (exact) mass is 207 g/mol. The first-order chi connectivity index (χ1) is 6.51. The number of alkyl halides is 2.